The zero-order valence-corrected chi connectivity index (χ0v) is 21.8. The fraction of sp³-hybridized carbons (Fsp3) is 0.111. The Morgan fingerprint density at radius 2 is 1.59 bits per heavy atom. The minimum Gasteiger partial charge on any atom is -0.347 e. The monoisotopic (exact) mass is 536 g/mol. The predicted molar refractivity (Wildman–Crippen MR) is 145 cm³/mol. The van der Waals surface area contributed by atoms with Crippen molar-refractivity contribution >= 4 is 50.6 Å². The van der Waals surface area contributed by atoms with Gasteiger partial charge >= 0.3 is 10.2 Å². The lowest BCUT2D eigenvalue weighted by Crippen LogP contribution is -2.34. The second-order valence-corrected chi connectivity index (χ2v) is 10.8. The van der Waals surface area contributed by atoms with Crippen LogP contribution < -0.4 is 10.6 Å². The zero-order valence-electron chi connectivity index (χ0n) is 20.2. The molecule has 190 valence electrons. The van der Waals surface area contributed by atoms with E-state index in [1.54, 1.807) is 48.5 Å². The molecule has 4 rings (SSSR count). The summed E-state index contributed by atoms with van der Waals surface area (Å²) in [7, 11) is -0.968. The molecule has 0 saturated carbocycles. The molecule has 1 heterocycles. The van der Waals surface area contributed by atoms with Crippen molar-refractivity contribution in [2.75, 3.05) is 14.1 Å². The molecule has 3 aromatic carbocycles. The van der Waals surface area contributed by atoms with Crippen LogP contribution in [0.2, 0.25) is 5.02 Å². The summed E-state index contributed by atoms with van der Waals surface area (Å²) in [5.41, 5.74) is 1.88. The Kier molecular flexibility index (Phi) is 7.77. The second-order valence-electron chi connectivity index (χ2n) is 8.35. The standard InChI is InChI=1S/C27H25ClN4O4S/c1-31(2)37(35,36)32-18-20(21-12-7-9-15-25(21)32)16-24(27(34)29-17-19-10-4-3-5-11-19)30-26(33)22-13-6-8-14-23(22)28/h3-16,18H,17H2,1-2H3,(H,29,34)(H,30,33)/b24-16-. The van der Waals surface area contributed by atoms with Gasteiger partial charge in [0.1, 0.15) is 5.70 Å². The maximum atomic E-state index is 13.3. The number of carbonyl (C=O) groups is 2. The third-order valence-electron chi connectivity index (χ3n) is 5.63. The number of fused-ring (bicyclic) bond motifs is 1. The van der Waals surface area contributed by atoms with Gasteiger partial charge in [0.05, 0.1) is 16.1 Å². The minimum atomic E-state index is -3.84. The third-order valence-corrected chi connectivity index (χ3v) is 7.68. The van der Waals surface area contributed by atoms with E-state index in [0.717, 1.165) is 13.8 Å². The summed E-state index contributed by atoms with van der Waals surface area (Å²) >= 11 is 6.19. The first kappa shape index (κ1) is 26.2. The van der Waals surface area contributed by atoms with Crippen LogP contribution in [0.25, 0.3) is 17.0 Å². The van der Waals surface area contributed by atoms with Gasteiger partial charge in [0.2, 0.25) is 0 Å². The van der Waals surface area contributed by atoms with Gasteiger partial charge in [0, 0.05) is 37.8 Å². The molecular weight excluding hydrogens is 512 g/mol. The van der Waals surface area contributed by atoms with Crippen molar-refractivity contribution in [3.8, 4) is 0 Å². The van der Waals surface area contributed by atoms with Crippen molar-refractivity contribution < 1.29 is 18.0 Å². The molecule has 0 radical (unpaired) electrons. The first-order chi connectivity index (χ1) is 17.7. The van der Waals surface area contributed by atoms with Crippen LogP contribution in [0.3, 0.4) is 0 Å². The highest BCUT2D eigenvalue weighted by molar-refractivity contribution is 7.87. The molecule has 0 aliphatic carbocycles. The molecule has 37 heavy (non-hydrogen) atoms. The normalized spacial score (nSPS) is 12.1. The molecule has 0 unspecified atom stereocenters. The number of amides is 2. The first-order valence-electron chi connectivity index (χ1n) is 11.3. The lowest BCUT2D eigenvalue weighted by atomic mass is 10.1. The number of halogens is 1. The largest absolute Gasteiger partial charge is 0.347 e. The fourth-order valence-corrected chi connectivity index (χ4v) is 4.91. The van der Waals surface area contributed by atoms with Crippen LogP contribution in [-0.4, -0.2) is 42.6 Å². The Bertz CT molecular complexity index is 1600. The molecule has 0 bridgehead atoms. The Hall–Kier alpha value is -3.92. The number of carbonyl (C=O) groups excluding carboxylic acids is 2. The second kappa shape index (κ2) is 11.0. The number of rotatable bonds is 8. The number of nitrogens with one attached hydrogen (secondary N) is 2. The van der Waals surface area contributed by atoms with Gasteiger partial charge < -0.3 is 10.6 Å². The zero-order chi connectivity index (χ0) is 26.6. The first-order valence-corrected chi connectivity index (χ1v) is 13.1. The smallest absolute Gasteiger partial charge is 0.307 e. The Labute approximate surface area is 220 Å². The van der Waals surface area contributed by atoms with Crippen molar-refractivity contribution in [1.82, 2.24) is 18.9 Å². The van der Waals surface area contributed by atoms with Crippen LogP contribution in [0.5, 0.6) is 0 Å². The number of hydrogen-bond donors (Lipinski definition) is 2. The molecule has 4 aromatic rings. The number of nitrogens with zero attached hydrogens (tertiary/aromatic N) is 2. The molecule has 0 spiro atoms. The van der Waals surface area contributed by atoms with Crippen molar-refractivity contribution in [2.45, 2.75) is 6.54 Å². The van der Waals surface area contributed by atoms with E-state index in [-0.39, 0.29) is 22.8 Å². The highest BCUT2D eigenvalue weighted by Gasteiger charge is 2.22. The SMILES string of the molecule is CN(C)S(=O)(=O)n1cc(/C=C(\NC(=O)c2ccccc2Cl)C(=O)NCc2ccccc2)c2ccccc21. The van der Waals surface area contributed by atoms with Gasteiger partial charge in [-0.15, -0.1) is 0 Å². The van der Waals surface area contributed by atoms with Crippen LogP contribution in [0, 0.1) is 0 Å². The van der Waals surface area contributed by atoms with E-state index in [9.17, 15) is 18.0 Å². The summed E-state index contributed by atoms with van der Waals surface area (Å²) in [6, 6.07) is 22.7. The molecule has 8 nitrogen and oxygen atoms in total. The fourth-order valence-electron chi connectivity index (χ4n) is 3.68. The van der Waals surface area contributed by atoms with E-state index in [2.05, 4.69) is 10.6 Å². The van der Waals surface area contributed by atoms with E-state index in [0.29, 0.717) is 16.5 Å². The van der Waals surface area contributed by atoms with E-state index in [1.807, 2.05) is 30.3 Å². The van der Waals surface area contributed by atoms with Crippen molar-refractivity contribution in [2.24, 2.45) is 0 Å². The number of para-hydroxylation sites is 1. The average Bonchev–Trinajstić information content (AvgIpc) is 3.26. The van der Waals surface area contributed by atoms with Crippen LogP contribution in [0.1, 0.15) is 21.5 Å². The van der Waals surface area contributed by atoms with E-state index in [4.69, 9.17) is 11.6 Å². The molecule has 1 aromatic heterocycles. The van der Waals surface area contributed by atoms with Crippen LogP contribution >= 0.6 is 11.6 Å². The van der Waals surface area contributed by atoms with Gasteiger partial charge in [0.25, 0.3) is 11.8 Å². The van der Waals surface area contributed by atoms with Crippen molar-refractivity contribution in [3.05, 3.63) is 112 Å². The molecular formula is C27H25ClN4O4S. The minimum absolute atomic E-state index is 0.0639. The number of hydrogen-bond acceptors (Lipinski definition) is 4. The van der Waals surface area contributed by atoms with Crippen molar-refractivity contribution in [3.63, 3.8) is 0 Å². The van der Waals surface area contributed by atoms with Gasteiger partial charge in [-0.25, -0.2) is 3.97 Å². The van der Waals surface area contributed by atoms with Gasteiger partial charge in [-0.1, -0.05) is 72.3 Å². The molecule has 0 aliphatic rings. The quantitative estimate of drug-likeness (QED) is 0.332. The molecule has 10 heteroatoms. The molecule has 2 amide bonds. The van der Waals surface area contributed by atoms with Crippen LogP contribution in [-0.2, 0) is 21.5 Å². The maximum absolute atomic E-state index is 13.3. The average molecular weight is 537 g/mol. The lowest BCUT2D eigenvalue weighted by molar-refractivity contribution is -0.117. The Balaban J connectivity index is 1.77. The highest BCUT2D eigenvalue weighted by Crippen LogP contribution is 2.26. The molecule has 0 saturated heterocycles. The number of benzene rings is 3. The summed E-state index contributed by atoms with van der Waals surface area (Å²) in [6.07, 6.45) is 2.88. The molecule has 0 fully saturated rings. The summed E-state index contributed by atoms with van der Waals surface area (Å²) in [4.78, 5) is 26.3. The summed E-state index contributed by atoms with van der Waals surface area (Å²) in [6.45, 7) is 0.232. The van der Waals surface area contributed by atoms with Gasteiger partial charge in [-0.2, -0.15) is 12.7 Å². The molecule has 2 N–H and O–H groups in total. The third kappa shape index (κ3) is 5.75. The van der Waals surface area contributed by atoms with E-state index in [1.165, 1.54) is 26.4 Å². The maximum Gasteiger partial charge on any atom is 0.307 e. The summed E-state index contributed by atoms with van der Waals surface area (Å²) in [5.74, 6) is -1.12. The van der Waals surface area contributed by atoms with Crippen LogP contribution in [0.15, 0.2) is 90.8 Å². The molecule has 0 aliphatic heterocycles. The topological polar surface area (TPSA) is 101 Å². The predicted octanol–water partition coefficient (Wildman–Crippen LogP) is 4.04. The van der Waals surface area contributed by atoms with E-state index < -0.39 is 22.0 Å². The Morgan fingerprint density at radius 1 is 0.946 bits per heavy atom. The Morgan fingerprint density at radius 3 is 2.30 bits per heavy atom. The van der Waals surface area contributed by atoms with Gasteiger partial charge in [-0.3, -0.25) is 9.59 Å². The summed E-state index contributed by atoms with van der Waals surface area (Å²) < 4.78 is 28.1. The number of aromatic nitrogens is 1. The van der Waals surface area contributed by atoms with Gasteiger partial charge in [0.15, 0.2) is 0 Å². The van der Waals surface area contributed by atoms with E-state index >= 15 is 0 Å². The van der Waals surface area contributed by atoms with Gasteiger partial charge in [-0.05, 0) is 29.8 Å². The molecule has 0 atom stereocenters. The van der Waals surface area contributed by atoms with Crippen molar-refractivity contribution in [1.29, 1.82) is 0 Å². The highest BCUT2D eigenvalue weighted by atomic mass is 35.5. The summed E-state index contributed by atoms with van der Waals surface area (Å²) in [5, 5.41) is 6.28. The van der Waals surface area contributed by atoms with Crippen LogP contribution in [0.4, 0.5) is 0 Å². The lowest BCUT2D eigenvalue weighted by Gasteiger charge is -2.13.